The average molecular weight is 490 g/mol. The smallest absolute Gasteiger partial charge is 0.417 e. The Kier molecular flexibility index (Phi) is 7.00. The number of alkyl carbamates (subject to hydrolysis) is 1. The predicted molar refractivity (Wildman–Crippen MR) is 120 cm³/mol. The number of likely N-dealkylation sites (tertiary alicyclic amines) is 1. The van der Waals surface area contributed by atoms with Crippen LogP contribution in [0.5, 0.6) is 0 Å². The maximum absolute atomic E-state index is 13.8. The van der Waals surface area contributed by atoms with E-state index in [0.29, 0.717) is 12.8 Å². The Balaban J connectivity index is 1.46. The fourth-order valence-corrected chi connectivity index (χ4v) is 4.91. The molecule has 2 aliphatic rings. The number of hydrogen-bond donors (Lipinski definition) is 2. The van der Waals surface area contributed by atoms with E-state index < -0.39 is 42.7 Å². The third-order valence-electron chi connectivity index (χ3n) is 6.50. The molecule has 2 amide bonds. The number of halogens is 3. The first kappa shape index (κ1) is 24.6. The van der Waals surface area contributed by atoms with Gasteiger partial charge >= 0.3 is 18.2 Å². The summed E-state index contributed by atoms with van der Waals surface area (Å²) in [6, 6.07) is 11.4. The van der Waals surface area contributed by atoms with Gasteiger partial charge in [0.25, 0.3) is 5.91 Å². The minimum Gasteiger partial charge on any atom is -0.481 e. The molecule has 1 aliphatic heterocycles. The van der Waals surface area contributed by atoms with Crippen molar-refractivity contribution >= 4 is 18.0 Å². The second-order valence-corrected chi connectivity index (χ2v) is 8.72. The summed E-state index contributed by atoms with van der Waals surface area (Å²) in [4.78, 5) is 37.3. The van der Waals surface area contributed by atoms with Crippen LogP contribution >= 0.6 is 0 Å². The third-order valence-corrected chi connectivity index (χ3v) is 6.50. The summed E-state index contributed by atoms with van der Waals surface area (Å²) in [5.74, 6) is -2.94. The highest BCUT2D eigenvalue weighted by Crippen LogP contribution is 2.44. The van der Waals surface area contributed by atoms with Gasteiger partial charge in [0, 0.05) is 18.5 Å². The van der Waals surface area contributed by atoms with Gasteiger partial charge in [-0.05, 0) is 41.5 Å². The maximum Gasteiger partial charge on any atom is 0.417 e. The van der Waals surface area contributed by atoms with Crippen LogP contribution in [-0.2, 0) is 14.3 Å². The number of ether oxygens (including phenoxy) is 1. The lowest BCUT2D eigenvalue weighted by molar-refractivity contribution is -0.177. The fourth-order valence-electron chi connectivity index (χ4n) is 4.91. The van der Waals surface area contributed by atoms with E-state index in [-0.39, 0.29) is 25.5 Å². The molecule has 2 aromatic carbocycles. The summed E-state index contributed by atoms with van der Waals surface area (Å²) in [5, 5.41) is 10.7. The van der Waals surface area contributed by atoms with Crippen LogP contribution in [0.15, 0.2) is 48.5 Å². The summed E-state index contributed by atoms with van der Waals surface area (Å²) in [5.41, 5.74) is 3.73. The molecule has 1 saturated heterocycles. The van der Waals surface area contributed by atoms with E-state index in [1.54, 1.807) is 5.32 Å². The van der Waals surface area contributed by atoms with Crippen LogP contribution in [0.2, 0.25) is 0 Å². The molecule has 2 aromatic rings. The van der Waals surface area contributed by atoms with E-state index in [4.69, 9.17) is 9.84 Å². The van der Waals surface area contributed by atoms with Crippen LogP contribution in [0.1, 0.15) is 42.7 Å². The number of nitrogens with zero attached hydrogens (tertiary/aromatic N) is 1. The molecule has 1 aliphatic carbocycles. The molecular weight excluding hydrogens is 465 g/mol. The van der Waals surface area contributed by atoms with Crippen LogP contribution in [-0.4, -0.2) is 59.4 Å². The number of nitrogens with one attached hydrogen (secondary N) is 1. The van der Waals surface area contributed by atoms with Crippen molar-refractivity contribution in [1.29, 1.82) is 0 Å². The van der Waals surface area contributed by atoms with Crippen LogP contribution in [0.3, 0.4) is 0 Å². The van der Waals surface area contributed by atoms with Crippen molar-refractivity contribution in [3.8, 4) is 11.1 Å². The molecule has 1 heterocycles. The van der Waals surface area contributed by atoms with Crippen LogP contribution < -0.4 is 5.32 Å². The fraction of sp³-hybridized carbons (Fsp3) is 0.400. The zero-order valence-electron chi connectivity index (χ0n) is 18.8. The van der Waals surface area contributed by atoms with Gasteiger partial charge in [-0.25, -0.2) is 4.79 Å². The van der Waals surface area contributed by atoms with Crippen molar-refractivity contribution in [2.24, 2.45) is 0 Å². The standard InChI is InChI=1S/C25H25F3N2O5/c26-25(27,28)22(23(33)30-12-6-5-7-15(30)13-21(31)32)29-24(34)35-14-20-18-10-3-1-8-16(18)17-9-2-4-11-19(17)20/h1-4,8-11,15,20,22H,5-7,12-14H2,(H,29,34)(H,31,32)/t15-,22?/m0/s1. The number of rotatable bonds is 6. The van der Waals surface area contributed by atoms with E-state index in [1.165, 1.54) is 0 Å². The molecule has 2 N–H and O–H groups in total. The molecule has 7 nitrogen and oxygen atoms in total. The van der Waals surface area contributed by atoms with E-state index in [1.807, 2.05) is 48.5 Å². The van der Waals surface area contributed by atoms with Gasteiger partial charge in [-0.2, -0.15) is 13.2 Å². The second-order valence-electron chi connectivity index (χ2n) is 8.72. The number of alkyl halides is 3. The van der Waals surface area contributed by atoms with Gasteiger partial charge in [-0.1, -0.05) is 48.5 Å². The van der Waals surface area contributed by atoms with E-state index >= 15 is 0 Å². The number of hydrogen-bond acceptors (Lipinski definition) is 4. The van der Waals surface area contributed by atoms with Gasteiger partial charge in [-0.15, -0.1) is 0 Å². The predicted octanol–water partition coefficient (Wildman–Crippen LogP) is 4.31. The van der Waals surface area contributed by atoms with Gasteiger partial charge in [0.2, 0.25) is 6.04 Å². The molecule has 186 valence electrons. The van der Waals surface area contributed by atoms with Crippen LogP contribution in [0.4, 0.5) is 18.0 Å². The lowest BCUT2D eigenvalue weighted by Gasteiger charge is -2.37. The quantitative estimate of drug-likeness (QED) is 0.629. The van der Waals surface area contributed by atoms with Gasteiger partial charge in [-0.3, -0.25) is 9.59 Å². The Hall–Kier alpha value is -3.56. The minimum atomic E-state index is -5.08. The van der Waals surface area contributed by atoms with E-state index in [9.17, 15) is 27.6 Å². The molecule has 2 atom stereocenters. The average Bonchev–Trinajstić information content (AvgIpc) is 3.14. The lowest BCUT2D eigenvalue weighted by Crippen LogP contribution is -2.59. The van der Waals surface area contributed by atoms with Crippen molar-refractivity contribution in [2.45, 2.75) is 49.9 Å². The van der Waals surface area contributed by atoms with E-state index in [2.05, 4.69) is 0 Å². The summed E-state index contributed by atoms with van der Waals surface area (Å²) < 4.78 is 46.5. The Labute approximate surface area is 199 Å². The van der Waals surface area contributed by atoms with Crippen molar-refractivity contribution in [1.82, 2.24) is 10.2 Å². The van der Waals surface area contributed by atoms with Gasteiger partial charge in [0.05, 0.1) is 6.42 Å². The Morgan fingerprint density at radius 3 is 2.20 bits per heavy atom. The van der Waals surface area contributed by atoms with Crippen molar-refractivity contribution in [2.75, 3.05) is 13.2 Å². The Morgan fingerprint density at radius 1 is 1.03 bits per heavy atom. The lowest BCUT2D eigenvalue weighted by atomic mass is 9.98. The molecule has 10 heteroatoms. The largest absolute Gasteiger partial charge is 0.481 e. The number of amides is 2. The molecule has 1 unspecified atom stereocenters. The van der Waals surface area contributed by atoms with Gasteiger partial charge in [0.1, 0.15) is 6.61 Å². The molecule has 4 rings (SSSR count). The maximum atomic E-state index is 13.8. The summed E-state index contributed by atoms with van der Waals surface area (Å²) >= 11 is 0. The minimum absolute atomic E-state index is 0.00424. The summed E-state index contributed by atoms with van der Waals surface area (Å²) in [6.07, 6.45) is -5.55. The highest BCUT2D eigenvalue weighted by atomic mass is 19.4. The molecular formula is C25H25F3N2O5. The number of carbonyl (C=O) groups is 3. The molecule has 1 fully saturated rings. The SMILES string of the molecule is O=C(O)C[C@@H]1CCCCN1C(=O)C(NC(=O)OCC1c2ccccc2-c2ccccc21)C(F)(F)F. The van der Waals surface area contributed by atoms with Crippen molar-refractivity contribution in [3.63, 3.8) is 0 Å². The van der Waals surface area contributed by atoms with E-state index in [0.717, 1.165) is 27.2 Å². The first-order valence-corrected chi connectivity index (χ1v) is 11.4. The van der Waals surface area contributed by atoms with Gasteiger partial charge < -0.3 is 20.1 Å². The molecule has 0 bridgehead atoms. The third kappa shape index (κ3) is 5.26. The zero-order chi connectivity index (χ0) is 25.2. The first-order valence-electron chi connectivity index (χ1n) is 11.4. The number of fused-ring (bicyclic) bond motifs is 3. The Bertz CT molecular complexity index is 1070. The van der Waals surface area contributed by atoms with Crippen molar-refractivity contribution in [3.05, 3.63) is 59.7 Å². The molecule has 35 heavy (non-hydrogen) atoms. The molecule has 0 saturated carbocycles. The van der Waals surface area contributed by atoms with Crippen LogP contribution in [0, 0.1) is 0 Å². The normalized spacial score (nSPS) is 18.4. The highest BCUT2D eigenvalue weighted by molar-refractivity contribution is 5.87. The number of benzene rings is 2. The molecule has 0 aromatic heterocycles. The molecule has 0 spiro atoms. The topological polar surface area (TPSA) is 95.9 Å². The number of piperidine rings is 1. The number of aliphatic carboxylic acids is 1. The van der Waals surface area contributed by atoms with Crippen LogP contribution in [0.25, 0.3) is 11.1 Å². The summed E-state index contributed by atoms with van der Waals surface area (Å²) in [7, 11) is 0. The highest BCUT2D eigenvalue weighted by Gasteiger charge is 2.49. The number of carboxylic acids is 1. The number of carbonyl (C=O) groups excluding carboxylic acids is 2. The van der Waals surface area contributed by atoms with Crippen molar-refractivity contribution < 1.29 is 37.4 Å². The number of carboxylic acid groups (broad SMARTS) is 1. The first-order chi connectivity index (χ1) is 16.7. The Morgan fingerprint density at radius 2 is 1.63 bits per heavy atom. The monoisotopic (exact) mass is 490 g/mol. The second kappa shape index (κ2) is 9.97. The van der Waals surface area contributed by atoms with Gasteiger partial charge in [0.15, 0.2) is 0 Å². The summed E-state index contributed by atoms with van der Waals surface area (Å²) in [6.45, 7) is -0.209. The molecule has 0 radical (unpaired) electrons. The zero-order valence-corrected chi connectivity index (χ0v) is 18.8.